The maximum Gasteiger partial charge on any atom is 0.341 e. The van der Waals surface area contributed by atoms with E-state index in [9.17, 15) is 4.79 Å². The van der Waals surface area contributed by atoms with Gasteiger partial charge in [0.15, 0.2) is 0 Å². The van der Waals surface area contributed by atoms with Crippen LogP contribution >= 0.6 is 0 Å². The molecule has 1 saturated heterocycles. The number of hydrogen-bond donors (Lipinski definition) is 1. The monoisotopic (exact) mass is 250 g/mol. The van der Waals surface area contributed by atoms with Crippen LogP contribution in [-0.2, 0) is 0 Å². The molecule has 0 bridgehead atoms. The van der Waals surface area contributed by atoms with Crippen LogP contribution in [0.3, 0.4) is 0 Å². The molecule has 0 aliphatic carbocycles. The first-order chi connectivity index (χ1) is 8.68. The first kappa shape index (κ1) is 12.8. The van der Waals surface area contributed by atoms with Crippen molar-refractivity contribution in [2.75, 3.05) is 20.2 Å². The summed E-state index contributed by atoms with van der Waals surface area (Å²) in [6.07, 6.45) is 5.06. The van der Waals surface area contributed by atoms with E-state index < -0.39 is 5.97 Å². The summed E-state index contributed by atoms with van der Waals surface area (Å²) in [5, 5.41) is 9.02. The summed E-state index contributed by atoms with van der Waals surface area (Å²) in [5.74, 6) is -0.793. The fourth-order valence-electron chi connectivity index (χ4n) is 2.20. The summed E-state index contributed by atoms with van der Waals surface area (Å²) in [6, 6.07) is 3.46. The van der Waals surface area contributed by atoms with Gasteiger partial charge in [0.2, 0.25) is 5.88 Å². The molecule has 1 aromatic heterocycles. The molecule has 98 valence electrons. The molecule has 1 fully saturated rings. The Hall–Kier alpha value is -1.62. The van der Waals surface area contributed by atoms with E-state index >= 15 is 0 Å². The molecule has 0 radical (unpaired) electrons. The summed E-state index contributed by atoms with van der Waals surface area (Å²) in [5.41, 5.74) is 0.121. The van der Waals surface area contributed by atoms with Crippen LogP contribution in [0.25, 0.3) is 0 Å². The summed E-state index contributed by atoms with van der Waals surface area (Å²) < 4.78 is 5.57. The van der Waals surface area contributed by atoms with Gasteiger partial charge in [-0.3, -0.25) is 0 Å². The van der Waals surface area contributed by atoms with Gasteiger partial charge in [0.1, 0.15) is 12.2 Å². The van der Waals surface area contributed by atoms with Crippen molar-refractivity contribution >= 4 is 5.97 Å². The van der Waals surface area contributed by atoms with Gasteiger partial charge >= 0.3 is 5.97 Å². The second-order valence-corrected chi connectivity index (χ2v) is 4.60. The van der Waals surface area contributed by atoms with Gasteiger partial charge in [0.05, 0.1) is 0 Å². The number of aromatic carboxylic acids is 1. The van der Waals surface area contributed by atoms with Crippen LogP contribution in [0.1, 0.15) is 29.6 Å². The van der Waals surface area contributed by atoms with E-state index in [1.165, 1.54) is 18.9 Å². The van der Waals surface area contributed by atoms with Gasteiger partial charge in [-0.25, -0.2) is 9.78 Å². The van der Waals surface area contributed by atoms with Crippen LogP contribution in [-0.4, -0.2) is 47.2 Å². The van der Waals surface area contributed by atoms with Crippen molar-refractivity contribution in [1.82, 2.24) is 9.88 Å². The van der Waals surface area contributed by atoms with Gasteiger partial charge in [-0.1, -0.05) is 6.42 Å². The van der Waals surface area contributed by atoms with E-state index in [0.717, 1.165) is 13.0 Å². The first-order valence-electron chi connectivity index (χ1n) is 6.20. The molecule has 0 spiro atoms. The van der Waals surface area contributed by atoms with Crippen LogP contribution in [0, 0.1) is 0 Å². The van der Waals surface area contributed by atoms with E-state index in [0.29, 0.717) is 12.6 Å². The molecule has 1 aromatic rings. The van der Waals surface area contributed by atoms with E-state index in [1.54, 1.807) is 12.3 Å². The minimum absolute atomic E-state index is 0.121. The van der Waals surface area contributed by atoms with Crippen LogP contribution in [0.2, 0.25) is 0 Å². The maximum absolute atomic E-state index is 11.0. The summed E-state index contributed by atoms with van der Waals surface area (Å²) in [6.45, 7) is 1.57. The van der Waals surface area contributed by atoms with E-state index in [1.807, 2.05) is 0 Å². The van der Waals surface area contributed by atoms with Gasteiger partial charge in [-0.2, -0.15) is 0 Å². The van der Waals surface area contributed by atoms with Crippen molar-refractivity contribution in [3.8, 4) is 5.88 Å². The van der Waals surface area contributed by atoms with Gasteiger partial charge < -0.3 is 14.7 Å². The minimum atomic E-state index is -1.00. The first-order valence-corrected chi connectivity index (χ1v) is 6.20. The molecule has 1 unspecified atom stereocenters. The third kappa shape index (κ3) is 2.98. The molecular formula is C13H18N2O3. The smallest absolute Gasteiger partial charge is 0.341 e. The molecule has 0 amide bonds. The third-order valence-corrected chi connectivity index (χ3v) is 3.34. The van der Waals surface area contributed by atoms with E-state index in [4.69, 9.17) is 9.84 Å². The Morgan fingerprint density at radius 1 is 1.61 bits per heavy atom. The molecular weight excluding hydrogens is 232 g/mol. The number of carbonyl (C=O) groups is 1. The quantitative estimate of drug-likeness (QED) is 0.880. The Labute approximate surface area is 106 Å². The molecule has 1 atom stereocenters. The summed E-state index contributed by atoms with van der Waals surface area (Å²) in [4.78, 5) is 17.3. The zero-order chi connectivity index (χ0) is 13.0. The largest absolute Gasteiger partial charge is 0.477 e. The molecule has 1 N–H and O–H groups in total. The molecule has 1 aliphatic rings. The molecule has 5 nitrogen and oxygen atoms in total. The lowest BCUT2D eigenvalue weighted by molar-refractivity contribution is 0.0686. The highest BCUT2D eigenvalue weighted by atomic mass is 16.5. The molecule has 0 saturated carbocycles. The molecule has 1 aliphatic heterocycles. The van der Waals surface area contributed by atoms with Gasteiger partial charge in [0, 0.05) is 12.2 Å². The maximum atomic E-state index is 11.0. The van der Waals surface area contributed by atoms with Crippen LogP contribution in [0.5, 0.6) is 5.88 Å². The zero-order valence-electron chi connectivity index (χ0n) is 10.5. The Kier molecular flexibility index (Phi) is 4.15. The fourth-order valence-corrected chi connectivity index (χ4v) is 2.20. The van der Waals surface area contributed by atoms with Crippen LogP contribution < -0.4 is 4.74 Å². The van der Waals surface area contributed by atoms with E-state index in [2.05, 4.69) is 16.9 Å². The SMILES string of the molecule is CN1CCCCC1COc1ncccc1C(=O)O. The highest BCUT2D eigenvalue weighted by molar-refractivity contribution is 5.90. The number of rotatable bonds is 4. The number of pyridine rings is 1. The molecule has 5 heteroatoms. The minimum Gasteiger partial charge on any atom is -0.477 e. The summed E-state index contributed by atoms with van der Waals surface area (Å²) in [7, 11) is 2.07. The number of aromatic nitrogens is 1. The number of hydrogen-bond acceptors (Lipinski definition) is 4. The number of carboxylic acid groups (broad SMARTS) is 1. The number of piperidine rings is 1. The number of ether oxygens (including phenoxy) is 1. The normalized spacial score (nSPS) is 20.6. The highest BCUT2D eigenvalue weighted by Crippen LogP contribution is 2.18. The fraction of sp³-hybridized carbons (Fsp3) is 0.538. The number of nitrogens with zero attached hydrogens (tertiary/aromatic N) is 2. The number of carboxylic acids is 1. The topological polar surface area (TPSA) is 62.7 Å². The average molecular weight is 250 g/mol. The van der Waals surface area contributed by atoms with Crippen molar-refractivity contribution < 1.29 is 14.6 Å². The van der Waals surface area contributed by atoms with Gasteiger partial charge in [-0.15, -0.1) is 0 Å². The Bertz CT molecular complexity index is 422. The van der Waals surface area contributed by atoms with Crippen LogP contribution in [0.4, 0.5) is 0 Å². The Balaban J connectivity index is 1.99. The van der Waals surface area contributed by atoms with Crippen molar-refractivity contribution in [3.63, 3.8) is 0 Å². The van der Waals surface area contributed by atoms with E-state index in [-0.39, 0.29) is 11.4 Å². The van der Waals surface area contributed by atoms with Crippen molar-refractivity contribution in [3.05, 3.63) is 23.9 Å². The third-order valence-electron chi connectivity index (χ3n) is 3.34. The predicted molar refractivity (Wildman–Crippen MR) is 67.0 cm³/mol. The number of likely N-dealkylation sites (tertiary alicyclic amines) is 1. The van der Waals surface area contributed by atoms with Crippen molar-refractivity contribution in [1.29, 1.82) is 0 Å². The molecule has 18 heavy (non-hydrogen) atoms. The number of likely N-dealkylation sites (N-methyl/N-ethyl adjacent to an activating group) is 1. The van der Waals surface area contributed by atoms with Crippen molar-refractivity contribution in [2.45, 2.75) is 25.3 Å². The van der Waals surface area contributed by atoms with Gasteiger partial charge in [-0.05, 0) is 38.6 Å². The zero-order valence-corrected chi connectivity index (χ0v) is 10.5. The van der Waals surface area contributed by atoms with Crippen molar-refractivity contribution in [2.24, 2.45) is 0 Å². The Morgan fingerprint density at radius 3 is 3.17 bits per heavy atom. The highest BCUT2D eigenvalue weighted by Gasteiger charge is 2.20. The second kappa shape index (κ2) is 5.82. The molecule has 0 aromatic carbocycles. The second-order valence-electron chi connectivity index (χ2n) is 4.60. The molecule has 2 heterocycles. The van der Waals surface area contributed by atoms with Crippen LogP contribution in [0.15, 0.2) is 18.3 Å². The predicted octanol–water partition coefficient (Wildman–Crippen LogP) is 1.64. The standard InChI is InChI=1S/C13H18N2O3/c1-15-8-3-2-5-10(15)9-18-12-11(13(16)17)6-4-7-14-12/h4,6-7,10H,2-3,5,8-9H2,1H3,(H,16,17). The lowest BCUT2D eigenvalue weighted by atomic mass is 10.0. The average Bonchev–Trinajstić information content (AvgIpc) is 2.38. The lowest BCUT2D eigenvalue weighted by Crippen LogP contribution is -2.40. The lowest BCUT2D eigenvalue weighted by Gasteiger charge is -2.32. The Morgan fingerprint density at radius 2 is 2.44 bits per heavy atom. The summed E-state index contributed by atoms with van der Waals surface area (Å²) >= 11 is 0. The molecule has 2 rings (SSSR count). The van der Waals surface area contributed by atoms with Gasteiger partial charge in [0.25, 0.3) is 0 Å².